The number of esters is 1. The van der Waals surface area contributed by atoms with Crippen molar-refractivity contribution in [1.82, 2.24) is 10.2 Å². The molecule has 1 rings (SSSR count). The van der Waals surface area contributed by atoms with Gasteiger partial charge in [0, 0.05) is 0 Å². The van der Waals surface area contributed by atoms with Crippen LogP contribution in [0.3, 0.4) is 0 Å². The zero-order valence-corrected chi connectivity index (χ0v) is 10.2. The molecule has 7 nitrogen and oxygen atoms in total. The molecule has 8 heteroatoms. The summed E-state index contributed by atoms with van der Waals surface area (Å²) in [6.07, 6.45) is -1.38. The maximum atomic E-state index is 11.4. The quantitative estimate of drug-likeness (QED) is 0.566. The van der Waals surface area contributed by atoms with Crippen LogP contribution in [-0.4, -0.2) is 65.7 Å². The zero-order valence-electron chi connectivity index (χ0n) is 9.34. The number of methoxy groups -OCH3 is 1. The molecule has 1 aliphatic rings. The molecule has 0 aliphatic carbocycles. The molecule has 0 spiro atoms. The number of thioether (sulfide) groups is 1. The number of carbonyl (C=O) groups excluding carboxylic acids is 3. The molecule has 0 radical (unpaired) electrons. The van der Waals surface area contributed by atoms with Gasteiger partial charge in [0.15, 0.2) is 6.10 Å². The molecule has 96 valence electrons. The third-order valence-corrected chi connectivity index (χ3v) is 3.07. The van der Waals surface area contributed by atoms with Crippen molar-refractivity contribution in [2.24, 2.45) is 0 Å². The zero-order chi connectivity index (χ0) is 12.8. The fraction of sp³-hybridized carbons (Fsp3) is 0.667. The highest BCUT2D eigenvalue weighted by molar-refractivity contribution is 8.00. The number of amides is 2. The average Bonchev–Trinajstić information content (AvgIpc) is 2.71. The molecule has 1 heterocycles. The average molecular weight is 262 g/mol. The molecule has 0 aromatic heterocycles. The molecule has 1 atom stereocenters. The minimum Gasteiger partial charge on any atom is -0.467 e. The Morgan fingerprint density at radius 3 is 2.88 bits per heavy atom. The van der Waals surface area contributed by atoms with E-state index in [1.54, 1.807) is 0 Å². The van der Waals surface area contributed by atoms with Gasteiger partial charge in [0.25, 0.3) is 0 Å². The molecule has 1 saturated heterocycles. The van der Waals surface area contributed by atoms with E-state index in [-0.39, 0.29) is 19.0 Å². The van der Waals surface area contributed by atoms with E-state index in [2.05, 4.69) is 10.1 Å². The van der Waals surface area contributed by atoms with Crippen molar-refractivity contribution in [1.29, 1.82) is 0 Å². The Bertz CT molecular complexity index is 323. The Morgan fingerprint density at radius 2 is 2.35 bits per heavy atom. The second-order valence-electron chi connectivity index (χ2n) is 3.41. The van der Waals surface area contributed by atoms with Crippen molar-refractivity contribution in [3.8, 4) is 0 Å². The number of hydrogen-bond donors (Lipinski definition) is 2. The number of nitrogens with one attached hydrogen (secondary N) is 1. The first-order valence-corrected chi connectivity index (χ1v) is 6.08. The van der Waals surface area contributed by atoms with Crippen LogP contribution in [0.15, 0.2) is 0 Å². The third kappa shape index (κ3) is 4.23. The van der Waals surface area contributed by atoms with E-state index in [0.29, 0.717) is 11.6 Å². The lowest BCUT2D eigenvalue weighted by molar-refractivity contribution is -0.150. The van der Waals surface area contributed by atoms with Crippen LogP contribution in [0.5, 0.6) is 0 Å². The van der Waals surface area contributed by atoms with Gasteiger partial charge < -0.3 is 20.1 Å². The molecule has 2 N–H and O–H groups in total. The van der Waals surface area contributed by atoms with Crippen LogP contribution in [0.1, 0.15) is 0 Å². The first kappa shape index (κ1) is 13.8. The van der Waals surface area contributed by atoms with E-state index in [0.717, 1.165) is 7.11 Å². The SMILES string of the molecule is COC(=O)C(O)CNC(=O)CN1CSCC1=O. The van der Waals surface area contributed by atoms with Gasteiger partial charge >= 0.3 is 5.97 Å². The summed E-state index contributed by atoms with van der Waals surface area (Å²) < 4.78 is 4.29. The van der Waals surface area contributed by atoms with Crippen LogP contribution >= 0.6 is 11.8 Å². The fourth-order valence-corrected chi connectivity index (χ4v) is 2.10. The molecule has 0 aromatic carbocycles. The van der Waals surface area contributed by atoms with Crippen LogP contribution in [-0.2, 0) is 19.1 Å². The number of aliphatic hydroxyl groups excluding tert-OH is 1. The van der Waals surface area contributed by atoms with Crippen LogP contribution in [0.4, 0.5) is 0 Å². The first-order chi connectivity index (χ1) is 8.04. The number of rotatable bonds is 5. The minimum absolute atomic E-state index is 0.0558. The molecular formula is C9H14N2O5S. The van der Waals surface area contributed by atoms with E-state index in [1.165, 1.54) is 16.7 Å². The van der Waals surface area contributed by atoms with Crippen molar-refractivity contribution in [3.05, 3.63) is 0 Å². The lowest BCUT2D eigenvalue weighted by atomic mass is 10.3. The Morgan fingerprint density at radius 1 is 1.65 bits per heavy atom. The van der Waals surface area contributed by atoms with Gasteiger partial charge in [-0.3, -0.25) is 9.59 Å². The van der Waals surface area contributed by atoms with Crippen LogP contribution < -0.4 is 5.32 Å². The summed E-state index contributed by atoms with van der Waals surface area (Å²) in [5.41, 5.74) is 0. The van der Waals surface area contributed by atoms with Crippen molar-refractivity contribution in [2.75, 3.05) is 31.8 Å². The van der Waals surface area contributed by atoms with E-state index < -0.39 is 18.0 Å². The summed E-state index contributed by atoms with van der Waals surface area (Å²) in [6, 6.07) is 0. The van der Waals surface area contributed by atoms with E-state index in [4.69, 9.17) is 0 Å². The second-order valence-corrected chi connectivity index (χ2v) is 4.37. The molecule has 2 amide bonds. The Labute approximate surface area is 102 Å². The van der Waals surface area contributed by atoms with Crippen molar-refractivity contribution in [3.63, 3.8) is 0 Å². The number of hydrogen-bond acceptors (Lipinski definition) is 6. The highest BCUT2D eigenvalue weighted by Crippen LogP contribution is 2.13. The lowest BCUT2D eigenvalue weighted by Gasteiger charge is -2.15. The highest BCUT2D eigenvalue weighted by Gasteiger charge is 2.23. The first-order valence-electron chi connectivity index (χ1n) is 4.92. The van der Waals surface area contributed by atoms with Gasteiger partial charge in [-0.25, -0.2) is 4.79 Å². The molecule has 0 aromatic rings. The molecule has 1 unspecified atom stereocenters. The van der Waals surface area contributed by atoms with Crippen LogP contribution in [0.2, 0.25) is 0 Å². The van der Waals surface area contributed by atoms with Gasteiger partial charge in [-0.15, -0.1) is 11.8 Å². The summed E-state index contributed by atoms with van der Waals surface area (Å²) in [6.45, 7) is -0.277. The smallest absolute Gasteiger partial charge is 0.336 e. The highest BCUT2D eigenvalue weighted by atomic mass is 32.2. The normalized spacial score (nSPS) is 16.8. The maximum Gasteiger partial charge on any atom is 0.336 e. The maximum absolute atomic E-state index is 11.4. The molecule has 1 fully saturated rings. The van der Waals surface area contributed by atoms with Crippen LogP contribution in [0, 0.1) is 0 Å². The number of carbonyl (C=O) groups is 3. The fourth-order valence-electron chi connectivity index (χ4n) is 1.20. The van der Waals surface area contributed by atoms with Gasteiger partial charge in [-0.2, -0.15) is 0 Å². The molecule has 1 aliphatic heterocycles. The minimum atomic E-state index is -1.38. The van der Waals surface area contributed by atoms with Crippen molar-refractivity contribution in [2.45, 2.75) is 6.10 Å². The van der Waals surface area contributed by atoms with Gasteiger partial charge in [-0.1, -0.05) is 0 Å². The summed E-state index contributed by atoms with van der Waals surface area (Å²) in [4.78, 5) is 34.8. The number of ether oxygens (including phenoxy) is 1. The predicted molar refractivity (Wildman–Crippen MR) is 60.1 cm³/mol. The van der Waals surface area contributed by atoms with E-state index in [1.807, 2.05) is 0 Å². The Balaban J connectivity index is 2.25. The van der Waals surface area contributed by atoms with E-state index >= 15 is 0 Å². The number of nitrogens with zero attached hydrogens (tertiary/aromatic N) is 1. The van der Waals surface area contributed by atoms with Gasteiger partial charge in [0.05, 0.1) is 25.3 Å². The number of aliphatic hydroxyl groups is 1. The summed E-state index contributed by atoms with van der Waals surface area (Å²) >= 11 is 1.44. The summed E-state index contributed by atoms with van der Waals surface area (Å²) in [5.74, 6) is -0.426. The van der Waals surface area contributed by atoms with Gasteiger partial charge in [0.1, 0.15) is 6.54 Å². The van der Waals surface area contributed by atoms with Crippen molar-refractivity contribution >= 4 is 29.5 Å². The largest absolute Gasteiger partial charge is 0.467 e. The molecular weight excluding hydrogens is 248 g/mol. The molecule has 17 heavy (non-hydrogen) atoms. The topological polar surface area (TPSA) is 95.9 Å². The molecule has 0 saturated carbocycles. The monoisotopic (exact) mass is 262 g/mol. The summed E-state index contributed by atoms with van der Waals surface area (Å²) in [5, 5.41) is 11.6. The van der Waals surface area contributed by atoms with Crippen LogP contribution in [0.25, 0.3) is 0 Å². The molecule has 0 bridgehead atoms. The van der Waals surface area contributed by atoms with Crippen molar-refractivity contribution < 1.29 is 24.2 Å². The second kappa shape index (κ2) is 6.45. The lowest BCUT2D eigenvalue weighted by Crippen LogP contribution is -2.42. The summed E-state index contributed by atoms with van der Waals surface area (Å²) in [7, 11) is 1.15. The predicted octanol–water partition coefficient (Wildman–Crippen LogP) is -1.83. The van der Waals surface area contributed by atoms with Gasteiger partial charge in [-0.05, 0) is 0 Å². The standard InChI is InChI=1S/C9H14N2O5S/c1-16-9(15)6(12)2-10-7(13)3-11-5-17-4-8(11)14/h6,12H,2-5H2,1H3,(H,10,13). The Hall–Kier alpha value is -1.28. The Kier molecular flexibility index (Phi) is 5.23. The van der Waals surface area contributed by atoms with E-state index in [9.17, 15) is 19.5 Å². The van der Waals surface area contributed by atoms with Gasteiger partial charge in [0.2, 0.25) is 11.8 Å². The third-order valence-electron chi connectivity index (χ3n) is 2.13.